The standard InChI is InChI=1S/C11H17N3O5S/c1-18-9(15)4-7-6-14(2-3-19-7)11(17)10(16)13-5-8(12)20/h7H,2-6H2,1H3,(H2,12,20)(H,13,16). The molecule has 1 atom stereocenters. The molecule has 0 aromatic heterocycles. The minimum atomic E-state index is -0.781. The van der Waals surface area contributed by atoms with Crippen molar-refractivity contribution in [2.75, 3.05) is 33.4 Å². The van der Waals surface area contributed by atoms with E-state index in [1.807, 2.05) is 0 Å². The van der Waals surface area contributed by atoms with Gasteiger partial charge in [0.2, 0.25) is 0 Å². The Balaban J connectivity index is 2.49. The van der Waals surface area contributed by atoms with Crippen molar-refractivity contribution in [2.45, 2.75) is 12.5 Å². The molecule has 9 heteroatoms. The van der Waals surface area contributed by atoms with E-state index < -0.39 is 23.9 Å². The number of carbonyl (C=O) groups excluding carboxylic acids is 3. The Hall–Kier alpha value is -1.74. The summed E-state index contributed by atoms with van der Waals surface area (Å²) in [5.74, 6) is -1.90. The summed E-state index contributed by atoms with van der Waals surface area (Å²) in [6, 6.07) is 0. The summed E-state index contributed by atoms with van der Waals surface area (Å²) in [5, 5.41) is 2.32. The number of nitrogens with zero attached hydrogens (tertiary/aromatic N) is 1. The van der Waals surface area contributed by atoms with Crippen LogP contribution in [0.15, 0.2) is 0 Å². The lowest BCUT2D eigenvalue weighted by atomic mass is 10.2. The SMILES string of the molecule is COC(=O)CC1CN(C(=O)C(=O)NCC(N)=S)CCO1. The van der Waals surface area contributed by atoms with Gasteiger partial charge in [-0.3, -0.25) is 14.4 Å². The van der Waals surface area contributed by atoms with Crippen LogP contribution in [-0.4, -0.2) is 67.1 Å². The Labute approximate surface area is 121 Å². The Morgan fingerprint density at radius 3 is 2.80 bits per heavy atom. The van der Waals surface area contributed by atoms with Gasteiger partial charge in [-0.2, -0.15) is 0 Å². The van der Waals surface area contributed by atoms with Gasteiger partial charge in [0.15, 0.2) is 0 Å². The van der Waals surface area contributed by atoms with Crippen molar-refractivity contribution >= 4 is 35.0 Å². The first-order valence-corrected chi connectivity index (χ1v) is 6.38. The molecule has 0 saturated carbocycles. The van der Waals surface area contributed by atoms with Crippen LogP contribution < -0.4 is 11.1 Å². The highest BCUT2D eigenvalue weighted by Crippen LogP contribution is 2.09. The average Bonchev–Trinajstić information content (AvgIpc) is 2.44. The van der Waals surface area contributed by atoms with Crippen LogP contribution in [0.4, 0.5) is 0 Å². The molecule has 2 amide bonds. The topological polar surface area (TPSA) is 111 Å². The summed E-state index contributed by atoms with van der Waals surface area (Å²) in [4.78, 5) is 36.0. The van der Waals surface area contributed by atoms with Crippen LogP contribution in [0.3, 0.4) is 0 Å². The van der Waals surface area contributed by atoms with Gasteiger partial charge in [0.25, 0.3) is 0 Å². The van der Waals surface area contributed by atoms with Crippen molar-refractivity contribution in [3.8, 4) is 0 Å². The number of thiocarbonyl (C=S) groups is 1. The number of carbonyl (C=O) groups is 3. The molecule has 1 aliphatic heterocycles. The molecule has 1 unspecified atom stereocenters. The fourth-order valence-electron chi connectivity index (χ4n) is 1.68. The smallest absolute Gasteiger partial charge is 0.312 e. The van der Waals surface area contributed by atoms with Gasteiger partial charge in [-0.05, 0) is 0 Å². The van der Waals surface area contributed by atoms with E-state index >= 15 is 0 Å². The number of esters is 1. The van der Waals surface area contributed by atoms with Crippen molar-refractivity contribution in [1.82, 2.24) is 10.2 Å². The first kappa shape index (κ1) is 16.3. The molecule has 0 spiro atoms. The number of rotatable bonds is 4. The molecule has 1 aliphatic rings. The predicted octanol–water partition coefficient (Wildman–Crippen LogP) is -1.82. The second-order valence-electron chi connectivity index (χ2n) is 4.17. The van der Waals surface area contributed by atoms with E-state index in [1.54, 1.807) is 0 Å². The highest BCUT2D eigenvalue weighted by molar-refractivity contribution is 7.80. The van der Waals surface area contributed by atoms with Gasteiger partial charge >= 0.3 is 17.8 Å². The number of morpholine rings is 1. The van der Waals surface area contributed by atoms with Gasteiger partial charge in [-0.25, -0.2) is 0 Å². The largest absolute Gasteiger partial charge is 0.469 e. The number of nitrogens with two attached hydrogens (primary N) is 1. The summed E-state index contributed by atoms with van der Waals surface area (Å²) in [6.07, 6.45) is -0.432. The van der Waals surface area contributed by atoms with Crippen molar-refractivity contribution in [3.63, 3.8) is 0 Å². The van der Waals surface area contributed by atoms with Gasteiger partial charge in [0.1, 0.15) is 0 Å². The summed E-state index contributed by atoms with van der Waals surface area (Å²) in [6.45, 7) is 0.678. The van der Waals surface area contributed by atoms with Crippen LogP contribution in [0, 0.1) is 0 Å². The van der Waals surface area contributed by atoms with Crippen LogP contribution in [0.2, 0.25) is 0 Å². The minimum absolute atomic E-state index is 0.0319. The number of nitrogens with one attached hydrogen (secondary N) is 1. The van der Waals surface area contributed by atoms with Crippen LogP contribution in [-0.2, 0) is 23.9 Å². The molecule has 1 saturated heterocycles. The van der Waals surface area contributed by atoms with Crippen molar-refractivity contribution in [3.05, 3.63) is 0 Å². The van der Waals surface area contributed by atoms with Gasteiger partial charge in [-0.1, -0.05) is 12.2 Å². The third kappa shape index (κ3) is 5.10. The van der Waals surface area contributed by atoms with Crippen molar-refractivity contribution in [1.29, 1.82) is 0 Å². The fraction of sp³-hybridized carbons (Fsp3) is 0.636. The molecule has 1 rings (SSSR count). The number of hydrogen-bond donors (Lipinski definition) is 2. The second-order valence-corrected chi connectivity index (χ2v) is 4.70. The van der Waals surface area contributed by atoms with E-state index in [1.165, 1.54) is 12.0 Å². The molecular weight excluding hydrogens is 286 g/mol. The van der Waals surface area contributed by atoms with E-state index in [-0.39, 0.29) is 37.7 Å². The van der Waals surface area contributed by atoms with E-state index in [4.69, 9.17) is 10.5 Å². The number of ether oxygens (including phenoxy) is 2. The average molecular weight is 303 g/mol. The van der Waals surface area contributed by atoms with Gasteiger partial charge in [0, 0.05) is 13.1 Å². The zero-order chi connectivity index (χ0) is 15.1. The lowest BCUT2D eigenvalue weighted by Crippen LogP contribution is -2.51. The molecule has 0 radical (unpaired) electrons. The Morgan fingerprint density at radius 1 is 1.50 bits per heavy atom. The molecule has 1 heterocycles. The number of amides is 2. The van der Waals surface area contributed by atoms with Crippen LogP contribution in [0.25, 0.3) is 0 Å². The van der Waals surface area contributed by atoms with Gasteiger partial charge < -0.3 is 25.4 Å². The Bertz CT molecular complexity index is 415. The first-order chi connectivity index (χ1) is 9.43. The lowest BCUT2D eigenvalue weighted by Gasteiger charge is -2.31. The zero-order valence-corrected chi connectivity index (χ0v) is 11.9. The lowest BCUT2D eigenvalue weighted by molar-refractivity contribution is -0.154. The zero-order valence-electron chi connectivity index (χ0n) is 11.1. The van der Waals surface area contributed by atoms with Gasteiger partial charge in [-0.15, -0.1) is 0 Å². The number of methoxy groups -OCH3 is 1. The summed E-state index contributed by atoms with van der Waals surface area (Å²) < 4.78 is 9.87. The molecular formula is C11H17N3O5S. The third-order valence-corrected chi connectivity index (χ3v) is 2.81. The van der Waals surface area contributed by atoms with Crippen molar-refractivity contribution in [2.24, 2.45) is 5.73 Å². The summed E-state index contributed by atoms with van der Waals surface area (Å²) in [5.41, 5.74) is 5.23. The molecule has 20 heavy (non-hydrogen) atoms. The predicted molar refractivity (Wildman–Crippen MR) is 72.7 cm³/mol. The maximum atomic E-state index is 11.9. The van der Waals surface area contributed by atoms with Crippen molar-refractivity contribution < 1.29 is 23.9 Å². The maximum absolute atomic E-state index is 11.9. The molecule has 3 N–H and O–H groups in total. The highest BCUT2D eigenvalue weighted by Gasteiger charge is 2.29. The molecule has 8 nitrogen and oxygen atoms in total. The molecule has 112 valence electrons. The van der Waals surface area contributed by atoms with Gasteiger partial charge in [0.05, 0.1) is 37.8 Å². The second kappa shape index (κ2) is 7.75. The molecule has 0 aromatic carbocycles. The third-order valence-electron chi connectivity index (χ3n) is 2.67. The molecule has 0 bridgehead atoms. The normalized spacial score (nSPS) is 18.2. The monoisotopic (exact) mass is 303 g/mol. The Kier molecular flexibility index (Phi) is 6.32. The minimum Gasteiger partial charge on any atom is -0.469 e. The summed E-state index contributed by atoms with van der Waals surface area (Å²) in [7, 11) is 1.28. The van der Waals surface area contributed by atoms with E-state index in [9.17, 15) is 14.4 Å². The number of hydrogen-bond acceptors (Lipinski definition) is 6. The fourth-order valence-corrected chi connectivity index (χ4v) is 1.76. The van der Waals surface area contributed by atoms with E-state index in [0.717, 1.165) is 0 Å². The van der Waals surface area contributed by atoms with Crippen LogP contribution >= 0.6 is 12.2 Å². The van der Waals surface area contributed by atoms with E-state index in [0.29, 0.717) is 0 Å². The highest BCUT2D eigenvalue weighted by atomic mass is 32.1. The summed E-state index contributed by atoms with van der Waals surface area (Å²) >= 11 is 4.60. The quantitative estimate of drug-likeness (QED) is 0.357. The van der Waals surface area contributed by atoms with E-state index in [2.05, 4.69) is 22.3 Å². The van der Waals surface area contributed by atoms with Crippen LogP contribution in [0.1, 0.15) is 6.42 Å². The van der Waals surface area contributed by atoms with Crippen LogP contribution in [0.5, 0.6) is 0 Å². The molecule has 1 fully saturated rings. The Morgan fingerprint density at radius 2 is 2.20 bits per heavy atom. The molecule has 0 aliphatic carbocycles. The first-order valence-electron chi connectivity index (χ1n) is 5.98. The molecule has 0 aromatic rings. The maximum Gasteiger partial charge on any atom is 0.312 e.